The van der Waals surface area contributed by atoms with E-state index in [4.69, 9.17) is 11.6 Å². The number of hydrogen-bond donors (Lipinski definition) is 0. The number of benzene rings is 1. The number of aromatic nitrogens is 1. The van der Waals surface area contributed by atoms with Crippen LogP contribution in [0.4, 0.5) is 0 Å². The van der Waals surface area contributed by atoms with Crippen molar-refractivity contribution in [2.45, 2.75) is 19.9 Å². The molecule has 1 amide bonds. The monoisotopic (exact) mass is 288 g/mol. The van der Waals surface area contributed by atoms with Crippen molar-refractivity contribution in [1.82, 2.24) is 9.88 Å². The molecule has 0 fully saturated rings. The van der Waals surface area contributed by atoms with Gasteiger partial charge in [-0.25, -0.2) is 0 Å². The van der Waals surface area contributed by atoms with E-state index >= 15 is 0 Å². The van der Waals surface area contributed by atoms with Gasteiger partial charge in [-0.3, -0.25) is 9.78 Å². The Hall–Kier alpha value is -1.87. The van der Waals surface area contributed by atoms with Gasteiger partial charge in [-0.05, 0) is 25.5 Å². The summed E-state index contributed by atoms with van der Waals surface area (Å²) < 4.78 is 0. The van der Waals surface area contributed by atoms with E-state index in [1.54, 1.807) is 24.2 Å². The third-order valence-electron chi connectivity index (χ3n) is 3.46. The molecular weight excluding hydrogens is 272 g/mol. The van der Waals surface area contributed by atoms with E-state index in [1.807, 2.05) is 38.1 Å². The minimum atomic E-state index is -0.129. The number of carbonyl (C=O) groups is 1. The van der Waals surface area contributed by atoms with Gasteiger partial charge in [0, 0.05) is 19.4 Å². The van der Waals surface area contributed by atoms with Crippen LogP contribution in [0.3, 0.4) is 0 Å². The molecule has 1 aromatic heterocycles. The first-order chi connectivity index (χ1) is 9.50. The Morgan fingerprint density at radius 1 is 1.25 bits per heavy atom. The molecule has 0 aliphatic carbocycles. The molecule has 104 valence electrons. The Bertz CT molecular complexity index is 610. The highest BCUT2D eigenvalue weighted by atomic mass is 35.5. The smallest absolute Gasteiger partial charge is 0.257 e. The lowest BCUT2D eigenvalue weighted by Crippen LogP contribution is -2.30. The third-order valence-corrected chi connectivity index (χ3v) is 3.79. The number of rotatable bonds is 3. The number of pyridine rings is 1. The molecule has 0 aliphatic rings. The molecule has 0 saturated heterocycles. The minimum Gasteiger partial charge on any atom is -0.335 e. The molecule has 0 spiro atoms. The molecular formula is C16H17ClN2O. The van der Waals surface area contributed by atoms with Crippen molar-refractivity contribution in [3.63, 3.8) is 0 Å². The molecule has 2 rings (SSSR count). The SMILES string of the molecule is Cc1ccc(C(C)N(C)C(=O)c2cnccc2Cl)cc1. The van der Waals surface area contributed by atoms with E-state index in [2.05, 4.69) is 4.98 Å². The van der Waals surface area contributed by atoms with Gasteiger partial charge in [0.1, 0.15) is 0 Å². The Balaban J connectivity index is 2.22. The molecule has 0 radical (unpaired) electrons. The fourth-order valence-corrected chi connectivity index (χ4v) is 2.16. The summed E-state index contributed by atoms with van der Waals surface area (Å²) in [6, 6.07) is 9.75. The van der Waals surface area contributed by atoms with E-state index in [0.29, 0.717) is 10.6 Å². The number of halogens is 1. The second kappa shape index (κ2) is 6.06. The fraction of sp³-hybridized carbons (Fsp3) is 0.250. The number of amides is 1. The van der Waals surface area contributed by atoms with Crippen LogP contribution in [0.25, 0.3) is 0 Å². The molecule has 0 aliphatic heterocycles. The van der Waals surface area contributed by atoms with Crippen molar-refractivity contribution in [2.75, 3.05) is 7.05 Å². The molecule has 0 N–H and O–H groups in total. The second-order valence-corrected chi connectivity index (χ2v) is 5.27. The first-order valence-electron chi connectivity index (χ1n) is 6.44. The normalized spacial score (nSPS) is 12.0. The van der Waals surface area contributed by atoms with Crippen LogP contribution in [0, 0.1) is 6.92 Å². The van der Waals surface area contributed by atoms with E-state index in [9.17, 15) is 4.79 Å². The van der Waals surface area contributed by atoms with Crippen molar-refractivity contribution in [1.29, 1.82) is 0 Å². The molecule has 1 heterocycles. The molecule has 20 heavy (non-hydrogen) atoms. The first-order valence-corrected chi connectivity index (χ1v) is 6.81. The largest absolute Gasteiger partial charge is 0.335 e. The van der Waals surface area contributed by atoms with Gasteiger partial charge < -0.3 is 4.90 Å². The fourth-order valence-electron chi connectivity index (χ4n) is 1.97. The van der Waals surface area contributed by atoms with Crippen LogP contribution < -0.4 is 0 Å². The van der Waals surface area contributed by atoms with Crippen LogP contribution in [0.1, 0.15) is 34.5 Å². The molecule has 0 bridgehead atoms. The van der Waals surface area contributed by atoms with E-state index in [0.717, 1.165) is 5.56 Å². The standard InChI is InChI=1S/C16H17ClN2O/c1-11-4-6-13(7-5-11)12(2)19(3)16(20)14-10-18-9-8-15(14)17/h4-10,12H,1-3H3. The second-order valence-electron chi connectivity index (χ2n) is 4.86. The van der Waals surface area contributed by atoms with Crippen molar-refractivity contribution < 1.29 is 4.79 Å². The quantitative estimate of drug-likeness (QED) is 0.859. The van der Waals surface area contributed by atoms with Crippen molar-refractivity contribution >= 4 is 17.5 Å². The molecule has 4 heteroatoms. The van der Waals surface area contributed by atoms with Gasteiger partial charge in [-0.2, -0.15) is 0 Å². The zero-order valence-corrected chi connectivity index (χ0v) is 12.6. The Kier molecular flexibility index (Phi) is 4.40. The maximum Gasteiger partial charge on any atom is 0.257 e. The lowest BCUT2D eigenvalue weighted by molar-refractivity contribution is 0.0742. The van der Waals surface area contributed by atoms with E-state index < -0.39 is 0 Å². The summed E-state index contributed by atoms with van der Waals surface area (Å²) in [5, 5.41) is 0.424. The third kappa shape index (κ3) is 2.99. The predicted molar refractivity (Wildman–Crippen MR) is 80.9 cm³/mol. The molecule has 3 nitrogen and oxygen atoms in total. The highest BCUT2D eigenvalue weighted by Gasteiger charge is 2.20. The summed E-state index contributed by atoms with van der Waals surface area (Å²) >= 11 is 6.05. The number of hydrogen-bond acceptors (Lipinski definition) is 2. The predicted octanol–water partition coefficient (Wildman–Crippen LogP) is 3.88. The zero-order valence-electron chi connectivity index (χ0n) is 11.8. The average molecular weight is 289 g/mol. The molecule has 1 unspecified atom stereocenters. The van der Waals surface area contributed by atoms with Gasteiger partial charge in [0.05, 0.1) is 16.6 Å². The summed E-state index contributed by atoms with van der Waals surface area (Å²) in [5.74, 6) is -0.129. The van der Waals surface area contributed by atoms with Crippen LogP contribution in [-0.2, 0) is 0 Å². The van der Waals surface area contributed by atoms with Gasteiger partial charge >= 0.3 is 0 Å². The lowest BCUT2D eigenvalue weighted by atomic mass is 10.0. The summed E-state index contributed by atoms with van der Waals surface area (Å²) in [5.41, 5.74) is 2.72. The van der Waals surface area contributed by atoms with Gasteiger partial charge in [0.25, 0.3) is 5.91 Å². The van der Waals surface area contributed by atoms with Crippen LogP contribution in [0.2, 0.25) is 5.02 Å². The van der Waals surface area contributed by atoms with Crippen LogP contribution in [-0.4, -0.2) is 22.8 Å². The molecule has 0 saturated carbocycles. The molecule has 2 aromatic rings. The van der Waals surface area contributed by atoms with Gasteiger partial charge in [-0.1, -0.05) is 41.4 Å². The lowest BCUT2D eigenvalue weighted by Gasteiger charge is -2.25. The summed E-state index contributed by atoms with van der Waals surface area (Å²) in [6.45, 7) is 4.03. The number of carbonyl (C=O) groups excluding carboxylic acids is 1. The first kappa shape index (κ1) is 14.5. The maximum atomic E-state index is 12.4. The zero-order chi connectivity index (χ0) is 14.7. The number of nitrogens with zero attached hydrogens (tertiary/aromatic N) is 2. The van der Waals surface area contributed by atoms with E-state index in [1.165, 1.54) is 11.8 Å². The Morgan fingerprint density at radius 3 is 2.50 bits per heavy atom. The van der Waals surface area contributed by atoms with Crippen molar-refractivity contribution in [2.24, 2.45) is 0 Å². The van der Waals surface area contributed by atoms with Crippen LogP contribution in [0.5, 0.6) is 0 Å². The van der Waals surface area contributed by atoms with Crippen LogP contribution in [0.15, 0.2) is 42.7 Å². The summed E-state index contributed by atoms with van der Waals surface area (Å²) in [7, 11) is 1.77. The Morgan fingerprint density at radius 2 is 1.90 bits per heavy atom. The summed E-state index contributed by atoms with van der Waals surface area (Å²) in [6.07, 6.45) is 3.07. The number of aryl methyl sites for hydroxylation is 1. The molecule has 1 aromatic carbocycles. The Labute approximate surface area is 124 Å². The highest BCUT2D eigenvalue weighted by Crippen LogP contribution is 2.23. The van der Waals surface area contributed by atoms with Crippen molar-refractivity contribution in [3.05, 3.63) is 64.4 Å². The van der Waals surface area contributed by atoms with Gasteiger partial charge in [0.15, 0.2) is 0 Å². The maximum absolute atomic E-state index is 12.4. The van der Waals surface area contributed by atoms with Gasteiger partial charge in [-0.15, -0.1) is 0 Å². The highest BCUT2D eigenvalue weighted by molar-refractivity contribution is 6.33. The molecule has 1 atom stereocenters. The topological polar surface area (TPSA) is 33.2 Å². The average Bonchev–Trinajstić information content (AvgIpc) is 2.46. The van der Waals surface area contributed by atoms with E-state index in [-0.39, 0.29) is 11.9 Å². The summed E-state index contributed by atoms with van der Waals surface area (Å²) in [4.78, 5) is 18.1. The van der Waals surface area contributed by atoms with Crippen LogP contribution >= 0.6 is 11.6 Å². The van der Waals surface area contributed by atoms with Crippen molar-refractivity contribution in [3.8, 4) is 0 Å². The minimum absolute atomic E-state index is 0.0284. The van der Waals surface area contributed by atoms with Gasteiger partial charge in [0.2, 0.25) is 0 Å².